The summed E-state index contributed by atoms with van der Waals surface area (Å²) in [6, 6.07) is 3.64. The van der Waals surface area contributed by atoms with E-state index in [-0.39, 0.29) is 12.5 Å². The highest BCUT2D eigenvalue weighted by molar-refractivity contribution is 9.10. The number of carbonyl (C=O) groups excluding carboxylic acids is 1. The lowest BCUT2D eigenvalue weighted by Crippen LogP contribution is -2.31. The number of aromatic amines is 1. The van der Waals surface area contributed by atoms with Gasteiger partial charge in [-0.15, -0.1) is 0 Å². The highest BCUT2D eigenvalue weighted by Crippen LogP contribution is 2.41. The van der Waals surface area contributed by atoms with Gasteiger partial charge in [-0.2, -0.15) is 0 Å². The summed E-state index contributed by atoms with van der Waals surface area (Å²) >= 11 is 3.45. The molecule has 3 rings (SSSR count). The van der Waals surface area contributed by atoms with E-state index >= 15 is 0 Å². The quantitative estimate of drug-likeness (QED) is 0.830. The predicted octanol–water partition coefficient (Wildman–Crippen LogP) is 2.37. The van der Waals surface area contributed by atoms with Gasteiger partial charge in [-0.1, -0.05) is 0 Å². The smallest absolute Gasteiger partial charge is 0.323 e. The molecule has 0 saturated heterocycles. The van der Waals surface area contributed by atoms with Gasteiger partial charge < -0.3 is 24.5 Å². The number of ether oxygens (including phenoxy) is 2. The largest absolute Gasteiger partial charge is 0.486 e. The Hall–Kier alpha value is -2.48. The van der Waals surface area contributed by atoms with Crippen molar-refractivity contribution in [3.05, 3.63) is 34.6 Å². The van der Waals surface area contributed by atoms with Gasteiger partial charge in [0.15, 0.2) is 11.5 Å². The van der Waals surface area contributed by atoms with Crippen LogP contribution in [0.3, 0.4) is 0 Å². The lowest BCUT2D eigenvalue weighted by molar-refractivity contribution is -0.137. The number of carboxylic acids is 1. The number of aromatic nitrogens is 1. The molecule has 1 aliphatic rings. The van der Waals surface area contributed by atoms with Gasteiger partial charge in [-0.05, 0) is 33.6 Å². The number of hydrogen-bond donors (Lipinski definition) is 2. The fourth-order valence-electron chi connectivity index (χ4n) is 2.53. The molecule has 0 radical (unpaired) electrons. The van der Waals surface area contributed by atoms with Gasteiger partial charge in [0, 0.05) is 25.0 Å². The molecule has 1 aliphatic heterocycles. The third-order valence-electron chi connectivity index (χ3n) is 3.60. The van der Waals surface area contributed by atoms with Crippen LogP contribution in [0, 0.1) is 0 Å². The first-order valence-electron chi connectivity index (χ1n) is 7.21. The van der Waals surface area contributed by atoms with Crippen molar-refractivity contribution in [2.75, 3.05) is 26.8 Å². The van der Waals surface area contributed by atoms with Gasteiger partial charge in [-0.3, -0.25) is 9.59 Å². The molecule has 0 fully saturated rings. The summed E-state index contributed by atoms with van der Waals surface area (Å²) in [6.45, 7) is 0.580. The van der Waals surface area contributed by atoms with Gasteiger partial charge in [0.2, 0.25) is 0 Å². The number of benzene rings is 1. The summed E-state index contributed by atoms with van der Waals surface area (Å²) in [5, 5.41) is 8.85. The van der Waals surface area contributed by atoms with Crippen molar-refractivity contribution in [1.29, 1.82) is 0 Å². The molecular weight excluding hydrogens is 380 g/mol. The topological polar surface area (TPSA) is 91.9 Å². The molecule has 1 aromatic carbocycles. The Morgan fingerprint density at radius 1 is 1.29 bits per heavy atom. The molecule has 126 valence electrons. The monoisotopic (exact) mass is 394 g/mol. The summed E-state index contributed by atoms with van der Waals surface area (Å²) in [4.78, 5) is 27.3. The number of nitrogens with zero attached hydrogens (tertiary/aromatic N) is 1. The molecule has 0 bridgehead atoms. The van der Waals surface area contributed by atoms with Crippen LogP contribution in [0.5, 0.6) is 11.5 Å². The number of halogens is 1. The minimum Gasteiger partial charge on any atom is -0.486 e. The maximum absolute atomic E-state index is 12.5. The molecule has 1 amide bonds. The Labute approximate surface area is 146 Å². The number of likely N-dealkylation sites (N-methyl/N-ethyl adjacent to an activating group) is 1. The molecule has 1 aromatic heterocycles. The number of H-pyrrole nitrogens is 1. The number of amides is 1. The first kappa shape index (κ1) is 16.4. The van der Waals surface area contributed by atoms with E-state index in [2.05, 4.69) is 20.9 Å². The van der Waals surface area contributed by atoms with E-state index in [0.29, 0.717) is 35.8 Å². The number of hydrogen-bond acceptors (Lipinski definition) is 4. The van der Waals surface area contributed by atoms with Crippen molar-refractivity contribution in [2.24, 2.45) is 0 Å². The second-order valence-electron chi connectivity index (χ2n) is 5.32. The van der Waals surface area contributed by atoms with Crippen LogP contribution in [-0.4, -0.2) is 53.7 Å². The minimum atomic E-state index is -1.06. The van der Waals surface area contributed by atoms with Crippen molar-refractivity contribution in [2.45, 2.75) is 0 Å². The van der Waals surface area contributed by atoms with Crippen LogP contribution >= 0.6 is 15.9 Å². The van der Waals surface area contributed by atoms with Crippen molar-refractivity contribution < 1.29 is 24.2 Å². The molecule has 8 heteroatoms. The van der Waals surface area contributed by atoms with Crippen LogP contribution in [0.4, 0.5) is 0 Å². The second-order valence-corrected chi connectivity index (χ2v) is 6.17. The summed E-state index contributed by atoms with van der Waals surface area (Å²) in [7, 11) is 1.45. The number of carboxylic acid groups (broad SMARTS) is 1. The molecule has 2 aromatic rings. The average molecular weight is 395 g/mol. The maximum atomic E-state index is 12.5. The summed E-state index contributed by atoms with van der Waals surface area (Å²) < 4.78 is 11.9. The number of aliphatic carboxylic acids is 1. The van der Waals surface area contributed by atoms with Gasteiger partial charge in [-0.25, -0.2) is 0 Å². The van der Waals surface area contributed by atoms with E-state index in [0.717, 1.165) is 14.9 Å². The SMILES string of the molecule is CN(CC(=O)O)C(=O)c1c[nH]cc1-c1cc(Br)c2c(c1)OCCO2. The van der Waals surface area contributed by atoms with Gasteiger partial charge >= 0.3 is 5.97 Å². The van der Waals surface area contributed by atoms with Crippen LogP contribution in [0.15, 0.2) is 29.0 Å². The number of fused-ring (bicyclic) bond motifs is 1. The Kier molecular flexibility index (Phi) is 4.48. The van der Waals surface area contributed by atoms with Gasteiger partial charge in [0.05, 0.1) is 10.0 Å². The standard InChI is InChI=1S/C16H15BrN2O5/c1-19(8-14(20)21)16(22)11-7-18-6-10(11)9-4-12(17)15-13(5-9)23-2-3-24-15/h4-7,18H,2-3,8H2,1H3,(H,20,21). The zero-order chi connectivity index (χ0) is 17.3. The van der Waals surface area contributed by atoms with E-state index < -0.39 is 5.97 Å². The van der Waals surface area contributed by atoms with E-state index in [4.69, 9.17) is 14.6 Å². The molecule has 2 heterocycles. The molecule has 2 N–H and O–H groups in total. The molecule has 24 heavy (non-hydrogen) atoms. The Morgan fingerprint density at radius 2 is 2.04 bits per heavy atom. The van der Waals surface area contributed by atoms with Crippen LogP contribution < -0.4 is 9.47 Å². The van der Waals surface area contributed by atoms with E-state index in [1.807, 2.05) is 6.07 Å². The minimum absolute atomic E-state index is 0.367. The molecule has 0 saturated carbocycles. The van der Waals surface area contributed by atoms with Crippen molar-refractivity contribution in [3.8, 4) is 22.6 Å². The molecule has 0 aliphatic carbocycles. The molecule has 0 spiro atoms. The first-order chi connectivity index (χ1) is 11.5. The maximum Gasteiger partial charge on any atom is 0.323 e. The van der Waals surface area contributed by atoms with E-state index in [9.17, 15) is 9.59 Å². The van der Waals surface area contributed by atoms with Crippen LogP contribution in [0.25, 0.3) is 11.1 Å². The van der Waals surface area contributed by atoms with E-state index in [1.54, 1.807) is 18.5 Å². The summed E-state index contributed by atoms with van der Waals surface area (Å²) in [5.41, 5.74) is 1.82. The van der Waals surface area contributed by atoms with Crippen molar-refractivity contribution in [3.63, 3.8) is 0 Å². The number of nitrogens with one attached hydrogen (secondary N) is 1. The fourth-order valence-corrected chi connectivity index (χ4v) is 3.08. The number of rotatable bonds is 4. The van der Waals surface area contributed by atoms with Crippen molar-refractivity contribution in [1.82, 2.24) is 9.88 Å². The molecule has 0 unspecified atom stereocenters. The van der Waals surface area contributed by atoms with Crippen molar-refractivity contribution >= 4 is 27.8 Å². The number of carbonyl (C=O) groups is 2. The molecule has 7 nitrogen and oxygen atoms in total. The Bertz CT molecular complexity index is 802. The van der Waals surface area contributed by atoms with Crippen LogP contribution in [0.2, 0.25) is 0 Å². The first-order valence-corrected chi connectivity index (χ1v) is 8.00. The second kappa shape index (κ2) is 6.56. The molecule has 0 atom stereocenters. The summed E-state index contributed by atoms with van der Waals surface area (Å²) in [6.07, 6.45) is 3.25. The van der Waals surface area contributed by atoms with E-state index in [1.165, 1.54) is 7.05 Å². The lowest BCUT2D eigenvalue weighted by Gasteiger charge is -2.21. The fraction of sp³-hybridized carbons (Fsp3) is 0.250. The zero-order valence-corrected chi connectivity index (χ0v) is 14.4. The normalized spacial score (nSPS) is 12.8. The van der Waals surface area contributed by atoms with Gasteiger partial charge in [0.25, 0.3) is 5.91 Å². The summed E-state index contributed by atoms with van der Waals surface area (Å²) in [5.74, 6) is -0.204. The average Bonchev–Trinajstić information content (AvgIpc) is 3.03. The Morgan fingerprint density at radius 3 is 2.79 bits per heavy atom. The van der Waals surface area contributed by atoms with Gasteiger partial charge in [0.1, 0.15) is 19.8 Å². The highest BCUT2D eigenvalue weighted by Gasteiger charge is 2.22. The zero-order valence-electron chi connectivity index (χ0n) is 12.8. The third-order valence-corrected chi connectivity index (χ3v) is 4.19. The molecular formula is C16H15BrN2O5. The van der Waals surface area contributed by atoms with Crippen LogP contribution in [0.1, 0.15) is 10.4 Å². The lowest BCUT2D eigenvalue weighted by atomic mass is 10.0. The third kappa shape index (κ3) is 3.09. The van der Waals surface area contributed by atoms with Crippen LogP contribution in [-0.2, 0) is 4.79 Å². The highest BCUT2D eigenvalue weighted by atomic mass is 79.9. The predicted molar refractivity (Wildman–Crippen MR) is 89.5 cm³/mol. The Balaban J connectivity index is 1.97.